The van der Waals surface area contributed by atoms with E-state index in [0.29, 0.717) is 24.6 Å². The summed E-state index contributed by atoms with van der Waals surface area (Å²) in [6.45, 7) is 1.21. The quantitative estimate of drug-likeness (QED) is 0.556. The van der Waals surface area contributed by atoms with Crippen LogP contribution < -0.4 is 14.8 Å². The molecule has 0 unspecified atom stereocenters. The van der Waals surface area contributed by atoms with Crippen LogP contribution in [0.2, 0.25) is 0 Å². The highest BCUT2D eigenvalue weighted by molar-refractivity contribution is 7.98. The van der Waals surface area contributed by atoms with Crippen LogP contribution in [0, 0.1) is 0 Å². The van der Waals surface area contributed by atoms with Gasteiger partial charge >= 0.3 is 6.03 Å². The number of urea groups is 1. The SMILES string of the molecule is COc1ccc(-c2nc3c(s2)CN(C(=O)Nc2cccc(SC)c2)CC3)cc1OC. The summed E-state index contributed by atoms with van der Waals surface area (Å²) < 4.78 is 10.7. The number of anilines is 1. The summed E-state index contributed by atoms with van der Waals surface area (Å²) in [4.78, 5) is 21.7. The molecule has 30 heavy (non-hydrogen) atoms. The lowest BCUT2D eigenvalue weighted by molar-refractivity contribution is 0.207. The smallest absolute Gasteiger partial charge is 0.322 e. The molecular weight excluding hydrogens is 418 g/mol. The molecule has 0 aliphatic carbocycles. The van der Waals surface area contributed by atoms with Crippen LogP contribution >= 0.6 is 23.1 Å². The first-order chi connectivity index (χ1) is 14.6. The molecule has 0 saturated heterocycles. The fourth-order valence-electron chi connectivity index (χ4n) is 3.36. The van der Waals surface area contributed by atoms with E-state index in [9.17, 15) is 4.79 Å². The molecule has 1 aromatic heterocycles. The van der Waals surface area contributed by atoms with Crippen molar-refractivity contribution in [2.75, 3.05) is 32.3 Å². The number of amides is 2. The zero-order chi connectivity index (χ0) is 21.1. The average molecular weight is 442 g/mol. The number of nitrogens with one attached hydrogen (secondary N) is 1. The van der Waals surface area contributed by atoms with Gasteiger partial charge in [-0.3, -0.25) is 0 Å². The Morgan fingerprint density at radius 1 is 1.17 bits per heavy atom. The van der Waals surface area contributed by atoms with Crippen molar-refractivity contribution in [1.82, 2.24) is 9.88 Å². The van der Waals surface area contributed by atoms with E-state index < -0.39 is 0 Å². The lowest BCUT2D eigenvalue weighted by Gasteiger charge is -2.26. The van der Waals surface area contributed by atoms with Crippen LogP contribution in [0.5, 0.6) is 11.5 Å². The van der Waals surface area contributed by atoms with Crippen molar-refractivity contribution in [3.63, 3.8) is 0 Å². The standard InChI is InChI=1S/C22H23N3O3S2/c1-27-18-8-7-14(11-19(18)28-2)21-24-17-9-10-25(13-20(17)30-21)22(26)23-15-5-4-6-16(12-15)29-3/h4-8,11-12H,9-10,13H2,1-3H3,(H,23,26). The van der Waals surface area contributed by atoms with E-state index >= 15 is 0 Å². The lowest BCUT2D eigenvalue weighted by Crippen LogP contribution is -2.38. The number of thioether (sulfide) groups is 1. The third kappa shape index (κ3) is 4.24. The van der Waals surface area contributed by atoms with E-state index in [4.69, 9.17) is 14.5 Å². The minimum Gasteiger partial charge on any atom is -0.493 e. The van der Waals surface area contributed by atoms with Gasteiger partial charge in [0.2, 0.25) is 0 Å². The van der Waals surface area contributed by atoms with Crippen LogP contribution in [0.15, 0.2) is 47.4 Å². The van der Waals surface area contributed by atoms with Crippen LogP contribution in [0.25, 0.3) is 10.6 Å². The highest BCUT2D eigenvalue weighted by atomic mass is 32.2. The largest absolute Gasteiger partial charge is 0.493 e. The topological polar surface area (TPSA) is 63.7 Å². The minimum absolute atomic E-state index is 0.0834. The molecule has 1 aliphatic rings. The number of benzene rings is 2. The highest BCUT2D eigenvalue weighted by Crippen LogP contribution is 2.36. The van der Waals surface area contributed by atoms with Crippen LogP contribution in [0.4, 0.5) is 10.5 Å². The molecule has 0 saturated carbocycles. The molecule has 2 amide bonds. The van der Waals surface area contributed by atoms with Crippen LogP contribution in [-0.2, 0) is 13.0 Å². The van der Waals surface area contributed by atoms with Crippen molar-refractivity contribution in [3.05, 3.63) is 53.0 Å². The van der Waals surface area contributed by atoms with Gasteiger partial charge in [0.15, 0.2) is 11.5 Å². The van der Waals surface area contributed by atoms with E-state index in [1.165, 1.54) is 0 Å². The number of carbonyl (C=O) groups excluding carboxylic acids is 1. The first-order valence-electron chi connectivity index (χ1n) is 9.52. The summed E-state index contributed by atoms with van der Waals surface area (Å²) in [5, 5.41) is 3.94. The molecule has 0 fully saturated rings. The molecule has 6 nitrogen and oxygen atoms in total. The van der Waals surface area contributed by atoms with Crippen LogP contribution in [0.3, 0.4) is 0 Å². The van der Waals surface area contributed by atoms with Crippen molar-refractivity contribution in [1.29, 1.82) is 0 Å². The van der Waals surface area contributed by atoms with E-state index in [0.717, 1.165) is 38.1 Å². The molecule has 0 bridgehead atoms. The van der Waals surface area contributed by atoms with Gasteiger partial charge in [0.25, 0.3) is 0 Å². The van der Waals surface area contributed by atoms with Gasteiger partial charge in [-0.05, 0) is 42.7 Å². The second-order valence-electron chi connectivity index (χ2n) is 6.79. The van der Waals surface area contributed by atoms with Crippen LogP contribution in [0.1, 0.15) is 10.6 Å². The van der Waals surface area contributed by atoms with Gasteiger partial charge < -0.3 is 19.7 Å². The van der Waals surface area contributed by atoms with E-state index in [1.807, 2.05) is 53.6 Å². The molecule has 0 atom stereocenters. The molecule has 0 radical (unpaired) electrons. The molecule has 2 aromatic carbocycles. The number of aromatic nitrogens is 1. The monoisotopic (exact) mass is 441 g/mol. The second-order valence-corrected chi connectivity index (χ2v) is 8.76. The Morgan fingerprint density at radius 2 is 2.00 bits per heavy atom. The summed E-state index contributed by atoms with van der Waals surface area (Å²) in [5.74, 6) is 1.37. The molecule has 1 aliphatic heterocycles. The molecule has 3 aromatic rings. The Morgan fingerprint density at radius 3 is 2.77 bits per heavy atom. The maximum absolute atomic E-state index is 12.8. The van der Waals surface area contributed by atoms with Crippen molar-refractivity contribution >= 4 is 34.8 Å². The van der Waals surface area contributed by atoms with Gasteiger partial charge in [-0.15, -0.1) is 23.1 Å². The van der Waals surface area contributed by atoms with Gasteiger partial charge in [0.05, 0.1) is 26.5 Å². The fraction of sp³-hybridized carbons (Fsp3) is 0.273. The maximum Gasteiger partial charge on any atom is 0.322 e. The number of fused-ring (bicyclic) bond motifs is 1. The van der Waals surface area contributed by atoms with Gasteiger partial charge in [0.1, 0.15) is 5.01 Å². The Kier molecular flexibility index (Phi) is 6.15. The number of rotatable bonds is 5. The summed E-state index contributed by atoms with van der Waals surface area (Å²) >= 11 is 3.28. The molecule has 156 valence electrons. The molecule has 0 spiro atoms. The number of methoxy groups -OCH3 is 2. The molecule has 1 N–H and O–H groups in total. The normalized spacial score (nSPS) is 13.0. The molecule has 8 heteroatoms. The first-order valence-corrected chi connectivity index (χ1v) is 11.6. The Balaban J connectivity index is 1.49. The van der Waals surface area contributed by atoms with Crippen LogP contribution in [-0.4, -0.2) is 42.9 Å². The van der Waals surface area contributed by atoms with Crippen molar-refractivity contribution in [2.45, 2.75) is 17.9 Å². The van der Waals surface area contributed by atoms with Crippen molar-refractivity contribution in [3.8, 4) is 22.1 Å². The number of hydrogen-bond acceptors (Lipinski definition) is 6. The summed E-state index contributed by atoms with van der Waals surface area (Å²) in [6.07, 6.45) is 2.77. The van der Waals surface area contributed by atoms with Gasteiger partial charge in [-0.2, -0.15) is 0 Å². The zero-order valence-corrected chi connectivity index (χ0v) is 18.7. The van der Waals surface area contributed by atoms with Gasteiger partial charge in [0, 0.05) is 34.0 Å². The Bertz CT molecular complexity index is 1070. The van der Waals surface area contributed by atoms with Crippen molar-refractivity contribution < 1.29 is 14.3 Å². The van der Waals surface area contributed by atoms with E-state index in [-0.39, 0.29) is 6.03 Å². The Labute approximate surface area is 184 Å². The minimum atomic E-state index is -0.0834. The zero-order valence-electron chi connectivity index (χ0n) is 17.1. The summed E-state index contributed by atoms with van der Waals surface area (Å²) in [6, 6.07) is 13.6. The van der Waals surface area contributed by atoms with Crippen molar-refractivity contribution in [2.24, 2.45) is 0 Å². The van der Waals surface area contributed by atoms with E-state index in [1.54, 1.807) is 37.3 Å². The predicted molar refractivity (Wildman–Crippen MR) is 122 cm³/mol. The number of ether oxygens (including phenoxy) is 2. The van der Waals surface area contributed by atoms with E-state index in [2.05, 4.69) is 5.32 Å². The number of nitrogens with zero attached hydrogens (tertiary/aromatic N) is 2. The third-order valence-electron chi connectivity index (χ3n) is 4.97. The number of thiazole rings is 1. The molecular formula is C22H23N3O3S2. The Hall–Kier alpha value is -2.71. The van der Waals surface area contributed by atoms with Gasteiger partial charge in [-0.25, -0.2) is 9.78 Å². The number of hydrogen-bond donors (Lipinski definition) is 1. The molecule has 2 heterocycles. The highest BCUT2D eigenvalue weighted by Gasteiger charge is 2.25. The predicted octanol–water partition coefficient (Wildman–Crippen LogP) is 5.14. The molecule has 4 rings (SSSR count). The third-order valence-corrected chi connectivity index (χ3v) is 6.83. The first kappa shape index (κ1) is 20.6. The van der Waals surface area contributed by atoms with Gasteiger partial charge in [-0.1, -0.05) is 6.07 Å². The average Bonchev–Trinajstić information content (AvgIpc) is 3.22. The summed E-state index contributed by atoms with van der Waals surface area (Å²) in [5.41, 5.74) is 2.86. The maximum atomic E-state index is 12.8. The number of carbonyl (C=O) groups is 1. The summed E-state index contributed by atoms with van der Waals surface area (Å²) in [7, 11) is 3.25. The lowest BCUT2D eigenvalue weighted by atomic mass is 10.2. The fourth-order valence-corrected chi connectivity index (χ4v) is 4.94. The second kappa shape index (κ2) is 8.97.